The Labute approximate surface area is 343 Å². The number of phosphoric ester groups is 1. The molecule has 0 N–H and O–H groups in total. The maximum absolute atomic E-state index is 12.7. The first-order valence-corrected chi connectivity index (χ1v) is 23.5. The van der Waals surface area contributed by atoms with Crippen molar-refractivity contribution in [2.24, 2.45) is 0 Å². The molecule has 0 aromatic rings. The first-order valence-electron chi connectivity index (χ1n) is 22.0. The van der Waals surface area contributed by atoms with Gasteiger partial charge < -0.3 is 27.9 Å². The van der Waals surface area contributed by atoms with Crippen LogP contribution in [0, 0.1) is 0 Å². The van der Waals surface area contributed by atoms with Gasteiger partial charge in [0.05, 0.1) is 27.7 Å². The number of rotatable bonds is 39. The molecule has 0 amide bonds. The van der Waals surface area contributed by atoms with Crippen molar-refractivity contribution in [1.82, 2.24) is 0 Å². The molecule has 0 radical (unpaired) electrons. The standard InChI is InChI=1S/C46H82NO8P/c1-6-8-10-12-14-16-18-20-22-23-25-26-28-30-32-34-36-38-45(48)52-42-44(43-54-56(50,51)53-41-40-47(3,4)5)55-46(49)39-37-35-33-31-29-27-24-21-19-17-15-13-11-9-7-2/h8,10,14,16,20-22,24-26,44H,6-7,9,11-13,15,17-19,23,27-43H2,1-5H3/b10-8-,16-14-,22-20-,24-21-,26-25-/t44-/m1/s1. The summed E-state index contributed by atoms with van der Waals surface area (Å²) in [6.45, 7) is 4.06. The van der Waals surface area contributed by atoms with E-state index in [1.165, 1.54) is 44.9 Å². The van der Waals surface area contributed by atoms with Gasteiger partial charge in [-0.1, -0.05) is 139 Å². The van der Waals surface area contributed by atoms with Gasteiger partial charge in [0.25, 0.3) is 7.82 Å². The van der Waals surface area contributed by atoms with Crippen LogP contribution in [0.25, 0.3) is 0 Å². The molecule has 0 fully saturated rings. The molecule has 9 nitrogen and oxygen atoms in total. The summed E-state index contributed by atoms with van der Waals surface area (Å²) in [4.78, 5) is 37.5. The largest absolute Gasteiger partial charge is 0.756 e. The smallest absolute Gasteiger partial charge is 0.306 e. The Morgan fingerprint density at radius 3 is 1.54 bits per heavy atom. The van der Waals surface area contributed by atoms with Gasteiger partial charge in [-0.3, -0.25) is 14.2 Å². The maximum atomic E-state index is 12.7. The van der Waals surface area contributed by atoms with E-state index in [2.05, 4.69) is 74.6 Å². The van der Waals surface area contributed by atoms with Crippen LogP contribution in [0.5, 0.6) is 0 Å². The first kappa shape index (κ1) is 53.7. The normalized spacial score (nSPS) is 14.2. The number of carbonyl (C=O) groups excluding carboxylic acids is 2. The lowest BCUT2D eigenvalue weighted by Gasteiger charge is -2.28. The summed E-state index contributed by atoms with van der Waals surface area (Å²) in [5.41, 5.74) is 0. The maximum Gasteiger partial charge on any atom is 0.306 e. The molecule has 2 atom stereocenters. The fourth-order valence-electron chi connectivity index (χ4n) is 5.58. The summed E-state index contributed by atoms with van der Waals surface area (Å²) in [7, 11) is 1.14. The third-order valence-corrected chi connectivity index (χ3v) is 9.99. The van der Waals surface area contributed by atoms with Crippen LogP contribution in [0.3, 0.4) is 0 Å². The van der Waals surface area contributed by atoms with Gasteiger partial charge in [-0.15, -0.1) is 0 Å². The molecule has 0 bridgehead atoms. The van der Waals surface area contributed by atoms with E-state index in [1.807, 2.05) is 21.1 Å². The summed E-state index contributed by atoms with van der Waals surface area (Å²) >= 11 is 0. The molecule has 0 saturated carbocycles. The Kier molecular flexibility index (Phi) is 36.7. The minimum atomic E-state index is -4.63. The van der Waals surface area contributed by atoms with Gasteiger partial charge in [0.15, 0.2) is 6.10 Å². The highest BCUT2D eigenvalue weighted by Crippen LogP contribution is 2.38. The van der Waals surface area contributed by atoms with Crippen LogP contribution in [0.1, 0.15) is 168 Å². The Bertz CT molecular complexity index is 1140. The van der Waals surface area contributed by atoms with Gasteiger partial charge >= 0.3 is 11.9 Å². The molecule has 0 spiro atoms. The molecule has 0 aliphatic rings. The van der Waals surface area contributed by atoms with E-state index in [9.17, 15) is 19.0 Å². The molecular formula is C46H82NO8P. The van der Waals surface area contributed by atoms with Crippen molar-refractivity contribution in [3.63, 3.8) is 0 Å². The average Bonchev–Trinajstić information content (AvgIpc) is 3.15. The zero-order chi connectivity index (χ0) is 41.4. The zero-order valence-electron chi connectivity index (χ0n) is 36.3. The lowest BCUT2D eigenvalue weighted by atomic mass is 10.1. The number of unbranched alkanes of at least 4 members (excludes halogenated alkanes) is 15. The Morgan fingerprint density at radius 2 is 1.02 bits per heavy atom. The lowest BCUT2D eigenvalue weighted by molar-refractivity contribution is -0.870. The van der Waals surface area contributed by atoms with E-state index in [4.69, 9.17) is 18.5 Å². The number of carbonyl (C=O) groups is 2. The second-order valence-electron chi connectivity index (χ2n) is 15.7. The highest BCUT2D eigenvalue weighted by Gasteiger charge is 2.21. The molecule has 10 heteroatoms. The molecule has 0 heterocycles. The average molecular weight is 808 g/mol. The summed E-state index contributed by atoms with van der Waals surface area (Å²) in [5, 5.41) is 0. The molecule has 0 aromatic carbocycles. The van der Waals surface area contributed by atoms with E-state index in [-0.39, 0.29) is 26.1 Å². The van der Waals surface area contributed by atoms with Crippen LogP contribution in [0.2, 0.25) is 0 Å². The second kappa shape index (κ2) is 38.2. The number of hydrogen-bond donors (Lipinski definition) is 0. The number of esters is 2. The van der Waals surface area contributed by atoms with Crippen molar-refractivity contribution in [2.75, 3.05) is 47.5 Å². The molecule has 0 rings (SSSR count). The summed E-state index contributed by atoms with van der Waals surface area (Å²) in [5.74, 6) is -0.876. The highest BCUT2D eigenvalue weighted by atomic mass is 31.2. The molecule has 0 saturated heterocycles. The Hall–Kier alpha value is -2.29. The summed E-state index contributed by atoms with van der Waals surface area (Å²) in [6.07, 6.45) is 45.3. The SMILES string of the molecule is CC/C=C\C/C=C\C/C=C\C/C=C\CCCCCCC(=O)OC[C@H](COP(=O)([O-])OCC[N+](C)(C)C)OC(=O)CCCCCCC/C=C\CCCCCCCC. The van der Waals surface area contributed by atoms with Gasteiger partial charge in [0.2, 0.25) is 0 Å². The van der Waals surface area contributed by atoms with E-state index < -0.39 is 32.5 Å². The molecule has 324 valence electrons. The Morgan fingerprint density at radius 1 is 0.571 bits per heavy atom. The van der Waals surface area contributed by atoms with E-state index in [1.54, 1.807) is 0 Å². The molecule has 0 aliphatic carbocycles. The third kappa shape index (κ3) is 41.3. The van der Waals surface area contributed by atoms with Crippen molar-refractivity contribution >= 4 is 19.8 Å². The summed E-state index contributed by atoms with van der Waals surface area (Å²) in [6, 6.07) is 0. The number of phosphoric acid groups is 1. The number of quaternary nitrogens is 1. The minimum Gasteiger partial charge on any atom is -0.756 e. The van der Waals surface area contributed by atoms with E-state index >= 15 is 0 Å². The van der Waals surface area contributed by atoms with E-state index in [0.717, 1.165) is 83.5 Å². The molecule has 0 aliphatic heterocycles. The second-order valence-corrected chi connectivity index (χ2v) is 17.1. The third-order valence-electron chi connectivity index (χ3n) is 9.02. The van der Waals surface area contributed by atoms with Gasteiger partial charge in [0, 0.05) is 12.8 Å². The van der Waals surface area contributed by atoms with Crippen LogP contribution >= 0.6 is 7.82 Å². The van der Waals surface area contributed by atoms with Crippen LogP contribution in [-0.2, 0) is 32.7 Å². The number of allylic oxidation sites excluding steroid dienone is 10. The van der Waals surface area contributed by atoms with Crippen molar-refractivity contribution in [1.29, 1.82) is 0 Å². The van der Waals surface area contributed by atoms with Crippen molar-refractivity contribution in [3.05, 3.63) is 60.8 Å². The van der Waals surface area contributed by atoms with Crippen molar-refractivity contribution < 1.29 is 42.1 Å². The number of likely N-dealkylation sites (N-methyl/N-ethyl adjacent to an activating group) is 1. The fraction of sp³-hybridized carbons (Fsp3) is 0.739. The summed E-state index contributed by atoms with van der Waals surface area (Å²) < 4.78 is 33.9. The van der Waals surface area contributed by atoms with Crippen molar-refractivity contribution in [3.8, 4) is 0 Å². The highest BCUT2D eigenvalue weighted by molar-refractivity contribution is 7.45. The molecular weight excluding hydrogens is 725 g/mol. The molecule has 1 unspecified atom stereocenters. The zero-order valence-corrected chi connectivity index (χ0v) is 37.2. The number of hydrogen-bond acceptors (Lipinski definition) is 8. The predicted molar refractivity (Wildman–Crippen MR) is 231 cm³/mol. The van der Waals surface area contributed by atoms with Crippen LogP contribution < -0.4 is 4.89 Å². The van der Waals surface area contributed by atoms with Gasteiger partial charge in [-0.05, 0) is 77.0 Å². The van der Waals surface area contributed by atoms with Gasteiger partial charge in [0.1, 0.15) is 19.8 Å². The van der Waals surface area contributed by atoms with Crippen LogP contribution in [-0.4, -0.2) is 70.0 Å². The molecule has 56 heavy (non-hydrogen) atoms. The van der Waals surface area contributed by atoms with Gasteiger partial charge in [-0.25, -0.2) is 0 Å². The van der Waals surface area contributed by atoms with Crippen LogP contribution in [0.4, 0.5) is 0 Å². The monoisotopic (exact) mass is 808 g/mol. The topological polar surface area (TPSA) is 111 Å². The predicted octanol–water partition coefficient (Wildman–Crippen LogP) is 11.8. The lowest BCUT2D eigenvalue weighted by Crippen LogP contribution is -2.37. The first-order chi connectivity index (χ1) is 27.0. The quantitative estimate of drug-likeness (QED) is 0.0198. The van der Waals surface area contributed by atoms with Crippen LogP contribution in [0.15, 0.2) is 60.8 Å². The number of nitrogens with zero attached hydrogens (tertiary/aromatic N) is 1. The van der Waals surface area contributed by atoms with Crippen molar-refractivity contribution in [2.45, 2.75) is 174 Å². The molecule has 0 aromatic heterocycles. The Balaban J connectivity index is 4.43. The number of ether oxygens (including phenoxy) is 2. The fourth-order valence-corrected chi connectivity index (χ4v) is 6.31. The van der Waals surface area contributed by atoms with E-state index in [0.29, 0.717) is 23.9 Å². The van der Waals surface area contributed by atoms with Gasteiger partial charge in [-0.2, -0.15) is 0 Å². The minimum absolute atomic E-state index is 0.0390.